The van der Waals surface area contributed by atoms with Gasteiger partial charge in [-0.25, -0.2) is 4.79 Å². The molecule has 1 amide bonds. The molecule has 1 saturated carbocycles. The van der Waals surface area contributed by atoms with Gasteiger partial charge in [0.05, 0.1) is 45.2 Å². The van der Waals surface area contributed by atoms with Gasteiger partial charge in [-0.05, 0) is 98.7 Å². The average Bonchev–Trinajstić information content (AvgIpc) is 3.21. The van der Waals surface area contributed by atoms with Gasteiger partial charge in [0, 0.05) is 42.6 Å². The number of aliphatic hydroxyl groups excluding tert-OH is 3. The highest BCUT2D eigenvalue weighted by molar-refractivity contribution is 7.98. The largest absolute Gasteiger partial charge is 0.459 e. The number of allylic oxidation sites excluding steroid dienone is 1. The van der Waals surface area contributed by atoms with E-state index < -0.39 is 23.8 Å². The molecule has 0 saturated heterocycles. The van der Waals surface area contributed by atoms with Gasteiger partial charge in [0.1, 0.15) is 29.9 Å². The van der Waals surface area contributed by atoms with Crippen LogP contribution in [0, 0.1) is 17.8 Å². The molecule has 1 heterocycles. The molecule has 0 aromatic heterocycles. The van der Waals surface area contributed by atoms with Crippen LogP contribution in [0.5, 0.6) is 17.2 Å². The van der Waals surface area contributed by atoms with Gasteiger partial charge in [0.15, 0.2) is 0 Å². The van der Waals surface area contributed by atoms with Crippen LogP contribution in [-0.4, -0.2) is 110 Å². The van der Waals surface area contributed by atoms with Crippen molar-refractivity contribution in [3.63, 3.8) is 0 Å². The second kappa shape index (κ2) is 21.1. The molecule has 3 aliphatic rings. The van der Waals surface area contributed by atoms with E-state index >= 15 is 0 Å². The number of fused-ring (bicyclic) bond motifs is 2. The zero-order chi connectivity index (χ0) is 39.2. The first-order valence-corrected chi connectivity index (χ1v) is 20.7. The summed E-state index contributed by atoms with van der Waals surface area (Å²) in [6.45, 7) is 6.80. The van der Waals surface area contributed by atoms with Crippen LogP contribution in [-0.2, 0) is 19.0 Å². The minimum Gasteiger partial charge on any atom is -0.459 e. The smallest absolute Gasteiger partial charge is 0.410 e. The molecule has 12 nitrogen and oxygen atoms in total. The molecule has 6 atom stereocenters. The van der Waals surface area contributed by atoms with Crippen LogP contribution in [0.2, 0.25) is 0 Å². The number of methoxy groups -OCH3 is 1. The lowest BCUT2D eigenvalue weighted by atomic mass is 9.55. The molecule has 5 rings (SSSR count). The number of oxime groups is 1. The predicted molar refractivity (Wildman–Crippen MR) is 212 cm³/mol. The molecule has 1 aliphatic heterocycles. The Kier molecular flexibility index (Phi) is 16.3. The molecule has 3 N–H and O–H groups in total. The predicted octanol–water partition coefficient (Wildman–Crippen LogP) is 6.93. The second-order valence-electron chi connectivity index (χ2n) is 14.0. The van der Waals surface area contributed by atoms with Gasteiger partial charge in [0.2, 0.25) is 5.79 Å². The molecule has 2 aliphatic carbocycles. The lowest BCUT2D eigenvalue weighted by Gasteiger charge is -2.59. The van der Waals surface area contributed by atoms with Crippen LogP contribution in [0.1, 0.15) is 63.4 Å². The van der Waals surface area contributed by atoms with E-state index in [1.807, 2.05) is 49.6 Å². The summed E-state index contributed by atoms with van der Waals surface area (Å²) >= 11 is 1.67. The number of unbranched alkanes of at least 4 members (excludes halogenated alkanes) is 2. The highest BCUT2D eigenvalue weighted by Crippen LogP contribution is 2.62. The standard InChI is InChI=1S/C42H58N2O10S/c1-5-23-51-42-38(44(41(48)49-3)19-24-50-25-22-47)28-36(43-52-6-2)34-26-29(11-7-9-20-45)33(12-8-10-21-46)39(40(34)42)35-27-31(15-18-37(35)54-42)53-30-13-16-32(55-4)17-14-30/h5,13-18,26-27,29,33,38-40,45-47H,1,6-12,19-25,28H2,2-4H3/t29-,33+,38-,39+,40+,42+/m0/s1. The molecular weight excluding hydrogens is 725 g/mol. The van der Waals surface area contributed by atoms with Crippen molar-refractivity contribution in [2.45, 2.75) is 74.5 Å². The van der Waals surface area contributed by atoms with E-state index in [0.717, 1.165) is 41.7 Å². The summed E-state index contributed by atoms with van der Waals surface area (Å²) in [5.41, 5.74) is 2.59. The molecule has 2 aromatic carbocycles. The number of carbonyl (C=O) groups is 1. The molecule has 0 unspecified atom stereocenters. The third kappa shape index (κ3) is 9.87. The Morgan fingerprint density at radius 1 is 1.04 bits per heavy atom. The minimum atomic E-state index is -1.42. The summed E-state index contributed by atoms with van der Waals surface area (Å²) in [5.74, 6) is 0.0698. The number of ether oxygens (including phenoxy) is 5. The Morgan fingerprint density at radius 2 is 1.78 bits per heavy atom. The van der Waals surface area contributed by atoms with Gasteiger partial charge in [-0.3, -0.25) is 4.90 Å². The Balaban J connectivity index is 1.74. The van der Waals surface area contributed by atoms with Crippen molar-refractivity contribution in [1.82, 2.24) is 4.90 Å². The fourth-order valence-electron chi connectivity index (χ4n) is 8.46. The van der Waals surface area contributed by atoms with Crippen molar-refractivity contribution >= 4 is 23.6 Å². The van der Waals surface area contributed by atoms with Crippen molar-refractivity contribution in [2.24, 2.45) is 22.9 Å². The van der Waals surface area contributed by atoms with E-state index in [1.165, 1.54) is 7.11 Å². The lowest BCUT2D eigenvalue weighted by Crippen LogP contribution is -2.70. The van der Waals surface area contributed by atoms with Crippen LogP contribution in [0.25, 0.3) is 0 Å². The van der Waals surface area contributed by atoms with Crippen LogP contribution < -0.4 is 9.47 Å². The zero-order valence-electron chi connectivity index (χ0n) is 32.4. The van der Waals surface area contributed by atoms with Gasteiger partial charge in [-0.2, -0.15) is 0 Å². The van der Waals surface area contributed by atoms with E-state index in [0.29, 0.717) is 42.4 Å². The SMILES string of the molecule is C=CCO[C@@]12Oc3ccc(Oc4ccc(SC)cc4)cc3[C@H]3[C@H](CCCCO)[C@@H](CCCCO)C=C(C(=NOCC)C[C@@H]1N(CCOCCO)C(=O)OC)[C@H]32. The van der Waals surface area contributed by atoms with Gasteiger partial charge in [-0.15, -0.1) is 18.3 Å². The van der Waals surface area contributed by atoms with Crippen molar-refractivity contribution in [2.75, 3.05) is 66.2 Å². The molecule has 0 bridgehead atoms. The Hall–Kier alpha value is -3.59. The number of thioether (sulfide) groups is 1. The third-order valence-corrected chi connectivity index (χ3v) is 11.5. The van der Waals surface area contributed by atoms with E-state index in [-0.39, 0.29) is 70.4 Å². The molecule has 1 fully saturated rings. The number of carbonyl (C=O) groups excluding carboxylic acids is 1. The van der Waals surface area contributed by atoms with E-state index in [2.05, 4.69) is 18.7 Å². The van der Waals surface area contributed by atoms with Crippen molar-refractivity contribution in [3.05, 3.63) is 72.3 Å². The first-order valence-electron chi connectivity index (χ1n) is 19.4. The maximum Gasteiger partial charge on any atom is 0.410 e. The lowest BCUT2D eigenvalue weighted by molar-refractivity contribution is -0.255. The monoisotopic (exact) mass is 782 g/mol. The van der Waals surface area contributed by atoms with Gasteiger partial charge in [0.25, 0.3) is 0 Å². The number of rotatable bonds is 22. The molecule has 0 radical (unpaired) electrons. The van der Waals surface area contributed by atoms with Crippen LogP contribution in [0.3, 0.4) is 0 Å². The van der Waals surface area contributed by atoms with Crippen LogP contribution >= 0.6 is 11.8 Å². The Morgan fingerprint density at radius 3 is 2.45 bits per heavy atom. The summed E-state index contributed by atoms with van der Waals surface area (Å²) in [4.78, 5) is 22.3. The molecular formula is C42H58N2O10S. The van der Waals surface area contributed by atoms with E-state index in [4.69, 9.17) is 33.7 Å². The summed E-state index contributed by atoms with van der Waals surface area (Å²) < 4.78 is 31.6. The zero-order valence-corrected chi connectivity index (χ0v) is 33.2. The maximum atomic E-state index is 13.8. The van der Waals surface area contributed by atoms with Gasteiger partial charge >= 0.3 is 6.09 Å². The van der Waals surface area contributed by atoms with Crippen molar-refractivity contribution in [3.8, 4) is 17.2 Å². The topological polar surface area (TPSA) is 149 Å². The molecule has 0 spiro atoms. The summed E-state index contributed by atoms with van der Waals surface area (Å²) in [5, 5.41) is 33.8. The number of benzene rings is 2. The number of hydrogen-bond acceptors (Lipinski definition) is 12. The summed E-state index contributed by atoms with van der Waals surface area (Å²) in [6, 6.07) is 13.1. The first-order chi connectivity index (χ1) is 26.9. The molecule has 13 heteroatoms. The summed E-state index contributed by atoms with van der Waals surface area (Å²) in [6.07, 6.45) is 10.3. The Bertz CT molecular complexity index is 1600. The van der Waals surface area contributed by atoms with E-state index in [9.17, 15) is 20.1 Å². The highest BCUT2D eigenvalue weighted by atomic mass is 32.2. The normalized spacial score (nSPS) is 24.6. The summed E-state index contributed by atoms with van der Waals surface area (Å²) in [7, 11) is 1.34. The van der Waals surface area contributed by atoms with Gasteiger partial charge < -0.3 is 43.8 Å². The average molecular weight is 783 g/mol. The second-order valence-corrected chi connectivity index (χ2v) is 14.8. The maximum absolute atomic E-state index is 13.8. The fourth-order valence-corrected chi connectivity index (χ4v) is 8.86. The number of hydrogen-bond donors (Lipinski definition) is 3. The van der Waals surface area contributed by atoms with Crippen molar-refractivity contribution in [1.29, 1.82) is 0 Å². The van der Waals surface area contributed by atoms with Crippen LogP contribution in [0.4, 0.5) is 4.79 Å². The highest BCUT2D eigenvalue weighted by Gasteiger charge is 2.65. The van der Waals surface area contributed by atoms with Crippen molar-refractivity contribution < 1.29 is 48.6 Å². The first kappa shape index (κ1) is 42.6. The third-order valence-electron chi connectivity index (χ3n) is 10.7. The minimum absolute atomic E-state index is 0.0658. The van der Waals surface area contributed by atoms with E-state index in [1.54, 1.807) is 22.7 Å². The Labute approximate surface area is 329 Å². The van der Waals surface area contributed by atoms with Gasteiger partial charge in [-0.1, -0.05) is 30.1 Å². The number of amides is 1. The molecule has 302 valence electrons. The quantitative estimate of drug-likeness (QED) is 0.0494. The molecule has 2 aromatic rings. The number of aliphatic hydroxyl groups is 3. The fraction of sp³-hybridized carbons (Fsp3) is 0.571. The van der Waals surface area contributed by atoms with Crippen LogP contribution in [0.15, 0.2) is 76.8 Å². The molecule has 55 heavy (non-hydrogen) atoms. The number of nitrogens with zero attached hydrogens (tertiary/aromatic N) is 2.